The van der Waals surface area contributed by atoms with E-state index in [1.165, 1.54) is 47.8 Å². The Morgan fingerprint density at radius 3 is 2.38 bits per heavy atom. The molecule has 37 heavy (non-hydrogen) atoms. The molecule has 0 unspecified atom stereocenters. The second-order valence-electron chi connectivity index (χ2n) is 8.30. The third-order valence-corrected chi connectivity index (χ3v) is 10.9. The van der Waals surface area contributed by atoms with Gasteiger partial charge in [0.15, 0.2) is 0 Å². The van der Waals surface area contributed by atoms with Gasteiger partial charge in [-0.2, -0.15) is 4.31 Å². The maximum absolute atomic E-state index is 13.5. The van der Waals surface area contributed by atoms with Gasteiger partial charge in [-0.25, -0.2) is 21.2 Å². The van der Waals surface area contributed by atoms with Gasteiger partial charge >= 0.3 is 0 Å². The lowest BCUT2D eigenvalue weighted by molar-refractivity contribution is -0.114. The molecule has 0 spiro atoms. The van der Waals surface area contributed by atoms with Crippen LogP contribution in [0.5, 0.6) is 5.75 Å². The average molecular weight is 568 g/mol. The van der Waals surface area contributed by atoms with Crippen molar-refractivity contribution in [3.8, 4) is 5.75 Å². The summed E-state index contributed by atoms with van der Waals surface area (Å²) >= 11 is 0.985. The molecular weight excluding hydrogens is 541 g/mol. The average Bonchev–Trinajstić information content (AvgIpc) is 3.44. The van der Waals surface area contributed by atoms with Crippen LogP contribution in [0.4, 0.5) is 15.8 Å². The number of carbonyl (C=O) groups excluding carboxylic acids is 1. The van der Waals surface area contributed by atoms with E-state index in [1.807, 2.05) is 0 Å². The fourth-order valence-corrected chi connectivity index (χ4v) is 8.03. The zero-order chi connectivity index (χ0) is 26.6. The Hall–Kier alpha value is -3.00. The maximum Gasteiger partial charge on any atom is 0.274 e. The number of nitrogens with one attached hydrogen (secondary N) is 1. The molecule has 1 aliphatic heterocycles. The molecule has 0 aliphatic carbocycles. The van der Waals surface area contributed by atoms with Crippen LogP contribution in [0.25, 0.3) is 0 Å². The minimum atomic E-state index is -4.14. The fraction of sp³-hybridized carbons (Fsp3) is 0.292. The van der Waals surface area contributed by atoms with Crippen LogP contribution in [0.3, 0.4) is 0 Å². The third kappa shape index (κ3) is 5.95. The summed E-state index contributed by atoms with van der Waals surface area (Å²) in [6.07, 6.45) is 2.52. The van der Waals surface area contributed by atoms with Gasteiger partial charge in [-0.3, -0.25) is 9.10 Å². The Bertz CT molecular complexity index is 1450. The van der Waals surface area contributed by atoms with Crippen LogP contribution < -0.4 is 14.4 Å². The van der Waals surface area contributed by atoms with E-state index >= 15 is 0 Å². The van der Waals surface area contributed by atoms with Gasteiger partial charge in [0, 0.05) is 13.1 Å². The second-order valence-corrected chi connectivity index (χ2v) is 13.3. The summed E-state index contributed by atoms with van der Waals surface area (Å²) in [6, 6.07) is 11.9. The number of amides is 1. The van der Waals surface area contributed by atoms with E-state index in [4.69, 9.17) is 4.74 Å². The first-order valence-corrected chi connectivity index (χ1v) is 15.2. The standard InChI is InChI=1S/C24H26FN3O6S3/c1-34-22-12-11-20(36(30,31)27-13-3-2-4-14-27)16-21(22)26-23(29)17-28(19-9-7-18(25)8-10-19)37(32,33)24-6-5-15-35-24/h5-12,15-16H,2-4,13-14,17H2,1H3,(H,26,29). The van der Waals surface area contributed by atoms with E-state index in [-0.39, 0.29) is 26.2 Å². The van der Waals surface area contributed by atoms with E-state index in [1.54, 1.807) is 11.4 Å². The van der Waals surface area contributed by atoms with Crippen molar-refractivity contribution in [1.82, 2.24) is 4.31 Å². The van der Waals surface area contributed by atoms with Crippen LogP contribution in [-0.4, -0.2) is 53.8 Å². The van der Waals surface area contributed by atoms with Crippen molar-refractivity contribution in [2.24, 2.45) is 0 Å². The number of sulfonamides is 2. The lowest BCUT2D eigenvalue weighted by atomic mass is 10.2. The monoisotopic (exact) mass is 567 g/mol. The van der Waals surface area contributed by atoms with Crippen molar-refractivity contribution < 1.29 is 30.8 Å². The Labute approximate surface area is 219 Å². The minimum absolute atomic E-state index is 0.00732. The third-order valence-electron chi connectivity index (χ3n) is 5.84. The predicted molar refractivity (Wildman–Crippen MR) is 139 cm³/mol. The van der Waals surface area contributed by atoms with E-state index in [2.05, 4.69) is 5.32 Å². The van der Waals surface area contributed by atoms with Crippen molar-refractivity contribution in [2.45, 2.75) is 28.4 Å². The summed E-state index contributed by atoms with van der Waals surface area (Å²) in [5.41, 5.74) is 0.177. The highest BCUT2D eigenvalue weighted by atomic mass is 32.2. The van der Waals surface area contributed by atoms with Gasteiger partial charge in [0.05, 0.1) is 23.4 Å². The zero-order valence-electron chi connectivity index (χ0n) is 20.0. The van der Waals surface area contributed by atoms with E-state index < -0.39 is 38.3 Å². The van der Waals surface area contributed by atoms with E-state index in [0.29, 0.717) is 13.1 Å². The molecule has 13 heteroatoms. The summed E-state index contributed by atoms with van der Waals surface area (Å²) < 4.78 is 74.0. The van der Waals surface area contributed by atoms with Crippen LogP contribution in [-0.2, 0) is 24.8 Å². The molecule has 198 valence electrons. The second kappa shape index (κ2) is 11.2. The number of carbonyl (C=O) groups is 1. The summed E-state index contributed by atoms with van der Waals surface area (Å²) in [6.45, 7) is 0.199. The number of benzene rings is 2. The number of ether oxygens (including phenoxy) is 1. The van der Waals surface area contributed by atoms with Crippen LogP contribution >= 0.6 is 11.3 Å². The molecule has 0 radical (unpaired) electrons. The number of halogens is 1. The van der Waals surface area contributed by atoms with Crippen molar-refractivity contribution in [3.63, 3.8) is 0 Å². The lowest BCUT2D eigenvalue weighted by Gasteiger charge is -2.26. The van der Waals surface area contributed by atoms with Crippen LogP contribution in [0, 0.1) is 5.82 Å². The molecule has 1 saturated heterocycles. The number of hydrogen-bond donors (Lipinski definition) is 1. The summed E-state index contributed by atoms with van der Waals surface area (Å²) in [7, 11) is -6.55. The summed E-state index contributed by atoms with van der Waals surface area (Å²) in [5.74, 6) is -1.09. The maximum atomic E-state index is 13.5. The Morgan fingerprint density at radius 2 is 1.76 bits per heavy atom. The predicted octanol–water partition coefficient (Wildman–Crippen LogP) is 3.90. The van der Waals surface area contributed by atoms with E-state index in [9.17, 15) is 26.0 Å². The highest BCUT2D eigenvalue weighted by Gasteiger charge is 2.30. The fourth-order valence-electron chi connectivity index (χ4n) is 3.96. The van der Waals surface area contributed by atoms with Gasteiger partial charge < -0.3 is 10.1 Å². The van der Waals surface area contributed by atoms with Gasteiger partial charge in [-0.1, -0.05) is 12.5 Å². The number of thiophene rings is 1. The highest BCUT2D eigenvalue weighted by Crippen LogP contribution is 2.31. The Kier molecular flexibility index (Phi) is 8.17. The molecule has 0 saturated carbocycles. The van der Waals surface area contributed by atoms with Crippen LogP contribution in [0.15, 0.2) is 69.1 Å². The molecule has 2 aromatic carbocycles. The SMILES string of the molecule is COc1ccc(S(=O)(=O)N2CCCCC2)cc1NC(=O)CN(c1ccc(F)cc1)S(=O)(=O)c1cccs1. The summed E-state index contributed by atoms with van der Waals surface area (Å²) in [5, 5.41) is 4.17. The number of methoxy groups -OCH3 is 1. The zero-order valence-corrected chi connectivity index (χ0v) is 22.4. The number of hydrogen-bond acceptors (Lipinski definition) is 7. The molecule has 2 heterocycles. The molecule has 1 N–H and O–H groups in total. The van der Waals surface area contributed by atoms with Gasteiger partial charge in [0.1, 0.15) is 22.3 Å². The lowest BCUT2D eigenvalue weighted by Crippen LogP contribution is -2.38. The molecule has 1 amide bonds. The van der Waals surface area contributed by atoms with Crippen LogP contribution in [0.2, 0.25) is 0 Å². The first kappa shape index (κ1) is 27.0. The number of anilines is 2. The molecule has 3 aromatic rings. The molecular formula is C24H26FN3O6S3. The van der Waals surface area contributed by atoms with Gasteiger partial charge in [-0.15, -0.1) is 11.3 Å². The summed E-state index contributed by atoms with van der Waals surface area (Å²) in [4.78, 5) is 13.1. The Balaban J connectivity index is 1.63. The molecule has 1 fully saturated rings. The molecule has 4 rings (SSSR count). The van der Waals surface area contributed by atoms with E-state index in [0.717, 1.165) is 47.0 Å². The molecule has 0 bridgehead atoms. The highest BCUT2D eigenvalue weighted by molar-refractivity contribution is 7.94. The molecule has 9 nitrogen and oxygen atoms in total. The van der Waals surface area contributed by atoms with Gasteiger partial charge in [-0.05, 0) is 66.8 Å². The normalized spacial score (nSPS) is 14.8. The van der Waals surface area contributed by atoms with Gasteiger partial charge in [0.2, 0.25) is 15.9 Å². The minimum Gasteiger partial charge on any atom is -0.495 e. The molecule has 1 aliphatic rings. The number of rotatable bonds is 9. The van der Waals surface area contributed by atoms with Crippen molar-refractivity contribution >= 4 is 48.7 Å². The van der Waals surface area contributed by atoms with Crippen molar-refractivity contribution in [3.05, 3.63) is 65.8 Å². The van der Waals surface area contributed by atoms with Crippen molar-refractivity contribution in [1.29, 1.82) is 0 Å². The molecule has 0 atom stereocenters. The quantitative estimate of drug-likeness (QED) is 0.420. The first-order chi connectivity index (χ1) is 17.6. The van der Waals surface area contributed by atoms with Crippen LogP contribution in [0.1, 0.15) is 19.3 Å². The largest absolute Gasteiger partial charge is 0.495 e. The molecule has 1 aromatic heterocycles. The number of piperidine rings is 1. The smallest absolute Gasteiger partial charge is 0.274 e. The van der Waals surface area contributed by atoms with Crippen molar-refractivity contribution in [2.75, 3.05) is 36.4 Å². The topological polar surface area (TPSA) is 113 Å². The Morgan fingerprint density at radius 1 is 1.05 bits per heavy atom. The number of nitrogens with zero attached hydrogens (tertiary/aromatic N) is 2. The first-order valence-electron chi connectivity index (χ1n) is 11.4. The van der Waals surface area contributed by atoms with Gasteiger partial charge in [0.25, 0.3) is 10.0 Å².